The molecule has 1 aliphatic heterocycles. The van der Waals surface area contributed by atoms with Crippen LogP contribution < -0.4 is 14.4 Å². The van der Waals surface area contributed by atoms with Gasteiger partial charge in [-0.25, -0.2) is 0 Å². The average Bonchev–Trinajstić information content (AvgIpc) is 2.83. The highest BCUT2D eigenvalue weighted by molar-refractivity contribution is 6.31. The quantitative estimate of drug-likeness (QED) is 0.551. The zero-order valence-electron chi connectivity index (χ0n) is 17.5. The molecule has 0 unspecified atom stereocenters. The van der Waals surface area contributed by atoms with Gasteiger partial charge in [-0.1, -0.05) is 48.0 Å². The number of rotatable bonds is 6. The van der Waals surface area contributed by atoms with Gasteiger partial charge in [-0.2, -0.15) is 0 Å². The number of ether oxygens (including phenoxy) is 2. The minimum absolute atomic E-state index is 0.0138. The highest BCUT2D eigenvalue weighted by Gasteiger charge is 2.24. The molecule has 1 amide bonds. The Hall–Kier alpha value is -3.18. The van der Waals surface area contributed by atoms with Crippen LogP contribution in [0.3, 0.4) is 0 Å². The normalized spacial score (nSPS) is 13.7. The molecule has 0 aromatic heterocycles. The van der Waals surface area contributed by atoms with E-state index < -0.39 is 0 Å². The molecule has 0 atom stereocenters. The first-order valence-electron chi connectivity index (χ1n) is 10.3. The molecule has 4 rings (SSSR count). The van der Waals surface area contributed by atoms with Gasteiger partial charge in [-0.15, -0.1) is 0 Å². The van der Waals surface area contributed by atoms with Crippen molar-refractivity contribution in [3.05, 3.63) is 88.9 Å². The smallest absolute Gasteiger partial charge is 0.257 e. The highest BCUT2D eigenvalue weighted by atomic mass is 35.5. The van der Waals surface area contributed by atoms with Gasteiger partial charge >= 0.3 is 0 Å². The SMILES string of the molecule is COc1cccc(N2CCN(C(=O)c3ccccc3OCc3ccccc3Cl)CC2)c1. The second-order valence-corrected chi connectivity index (χ2v) is 7.76. The maximum atomic E-state index is 13.2. The number of halogens is 1. The zero-order valence-corrected chi connectivity index (χ0v) is 18.2. The van der Waals surface area contributed by atoms with Crippen molar-refractivity contribution in [1.82, 2.24) is 4.90 Å². The number of carbonyl (C=O) groups excluding carboxylic acids is 1. The van der Waals surface area contributed by atoms with E-state index in [-0.39, 0.29) is 5.91 Å². The Balaban J connectivity index is 1.41. The number of hydrogen-bond donors (Lipinski definition) is 0. The largest absolute Gasteiger partial charge is 0.497 e. The van der Waals surface area contributed by atoms with E-state index in [1.54, 1.807) is 7.11 Å². The summed E-state index contributed by atoms with van der Waals surface area (Å²) in [5.41, 5.74) is 2.57. The van der Waals surface area contributed by atoms with E-state index in [2.05, 4.69) is 11.0 Å². The third-order valence-electron chi connectivity index (χ3n) is 5.44. The molecular weight excluding hydrogens is 412 g/mol. The predicted octanol–water partition coefficient (Wildman–Crippen LogP) is 4.89. The highest BCUT2D eigenvalue weighted by Crippen LogP contribution is 2.25. The van der Waals surface area contributed by atoms with Gasteiger partial charge in [-0.05, 0) is 30.3 Å². The summed E-state index contributed by atoms with van der Waals surface area (Å²) >= 11 is 6.23. The lowest BCUT2D eigenvalue weighted by molar-refractivity contribution is 0.0742. The Morgan fingerprint density at radius 2 is 1.68 bits per heavy atom. The third-order valence-corrected chi connectivity index (χ3v) is 5.81. The second kappa shape index (κ2) is 9.75. The van der Waals surface area contributed by atoms with Crippen LogP contribution in [0.1, 0.15) is 15.9 Å². The topological polar surface area (TPSA) is 42.0 Å². The van der Waals surface area contributed by atoms with Crippen molar-refractivity contribution in [2.45, 2.75) is 6.61 Å². The molecule has 1 heterocycles. The summed E-state index contributed by atoms with van der Waals surface area (Å²) in [6.07, 6.45) is 0. The number of amides is 1. The molecule has 0 bridgehead atoms. The molecule has 6 heteroatoms. The number of nitrogens with zero attached hydrogens (tertiary/aromatic N) is 2. The summed E-state index contributed by atoms with van der Waals surface area (Å²) in [7, 11) is 1.67. The van der Waals surface area contributed by atoms with E-state index in [0.717, 1.165) is 30.1 Å². The maximum Gasteiger partial charge on any atom is 0.257 e. The molecular formula is C25H25ClN2O3. The van der Waals surface area contributed by atoms with Crippen molar-refractivity contribution < 1.29 is 14.3 Å². The Morgan fingerprint density at radius 3 is 2.45 bits per heavy atom. The third kappa shape index (κ3) is 4.94. The Morgan fingerprint density at radius 1 is 0.935 bits per heavy atom. The van der Waals surface area contributed by atoms with Crippen molar-refractivity contribution >= 4 is 23.2 Å². The van der Waals surface area contributed by atoms with Crippen LogP contribution in [0.2, 0.25) is 5.02 Å². The lowest BCUT2D eigenvalue weighted by atomic mass is 10.1. The lowest BCUT2D eigenvalue weighted by Crippen LogP contribution is -2.48. The summed E-state index contributed by atoms with van der Waals surface area (Å²) in [4.78, 5) is 17.4. The molecule has 1 aliphatic rings. The van der Waals surface area contributed by atoms with E-state index in [9.17, 15) is 4.79 Å². The van der Waals surface area contributed by atoms with Gasteiger partial charge in [0.05, 0.1) is 12.7 Å². The fourth-order valence-electron chi connectivity index (χ4n) is 3.69. The zero-order chi connectivity index (χ0) is 21.6. The van der Waals surface area contributed by atoms with Crippen LogP contribution in [-0.4, -0.2) is 44.1 Å². The molecule has 0 aliphatic carbocycles. The lowest BCUT2D eigenvalue weighted by Gasteiger charge is -2.36. The van der Waals surface area contributed by atoms with Crippen LogP contribution in [0.15, 0.2) is 72.8 Å². The van der Waals surface area contributed by atoms with Crippen LogP contribution in [0.5, 0.6) is 11.5 Å². The first-order valence-corrected chi connectivity index (χ1v) is 10.7. The molecule has 3 aromatic carbocycles. The fourth-order valence-corrected chi connectivity index (χ4v) is 3.88. The molecule has 0 spiro atoms. The molecule has 0 N–H and O–H groups in total. The molecule has 3 aromatic rings. The van der Waals surface area contributed by atoms with Crippen molar-refractivity contribution in [3.8, 4) is 11.5 Å². The summed E-state index contributed by atoms with van der Waals surface area (Å²) in [5.74, 6) is 1.39. The first-order chi connectivity index (χ1) is 15.2. The Bertz CT molecular complexity index is 1050. The van der Waals surface area contributed by atoms with Gasteiger partial charge in [0.2, 0.25) is 0 Å². The molecule has 1 fully saturated rings. The van der Waals surface area contributed by atoms with Crippen LogP contribution in [0.4, 0.5) is 5.69 Å². The van der Waals surface area contributed by atoms with Gasteiger partial charge in [-0.3, -0.25) is 4.79 Å². The van der Waals surface area contributed by atoms with Crippen LogP contribution in [0.25, 0.3) is 0 Å². The molecule has 1 saturated heterocycles. The number of benzene rings is 3. The summed E-state index contributed by atoms with van der Waals surface area (Å²) < 4.78 is 11.3. The average molecular weight is 437 g/mol. The van der Waals surface area contributed by atoms with E-state index in [4.69, 9.17) is 21.1 Å². The molecule has 0 saturated carbocycles. The predicted molar refractivity (Wildman–Crippen MR) is 123 cm³/mol. The van der Waals surface area contributed by atoms with Crippen LogP contribution in [-0.2, 0) is 6.61 Å². The number of carbonyl (C=O) groups is 1. The second-order valence-electron chi connectivity index (χ2n) is 7.36. The molecule has 31 heavy (non-hydrogen) atoms. The first kappa shape index (κ1) is 21.1. The van der Waals surface area contributed by atoms with Gasteiger partial charge in [0.1, 0.15) is 18.1 Å². The number of piperazine rings is 1. The molecule has 5 nitrogen and oxygen atoms in total. The van der Waals surface area contributed by atoms with Gasteiger partial charge in [0.15, 0.2) is 0 Å². The van der Waals surface area contributed by atoms with Gasteiger partial charge in [0, 0.05) is 48.5 Å². The molecule has 160 valence electrons. The number of methoxy groups -OCH3 is 1. The monoisotopic (exact) mass is 436 g/mol. The summed E-state index contributed by atoms with van der Waals surface area (Å²) in [6, 6.07) is 23.0. The van der Waals surface area contributed by atoms with E-state index in [1.165, 1.54) is 0 Å². The summed E-state index contributed by atoms with van der Waals surface area (Å²) in [6.45, 7) is 3.14. The minimum atomic E-state index is -0.0138. The summed E-state index contributed by atoms with van der Waals surface area (Å²) in [5, 5.41) is 0.653. The Labute approximate surface area is 187 Å². The van der Waals surface area contributed by atoms with E-state index in [0.29, 0.717) is 36.0 Å². The van der Waals surface area contributed by atoms with E-state index in [1.807, 2.05) is 71.6 Å². The van der Waals surface area contributed by atoms with Crippen molar-refractivity contribution in [2.24, 2.45) is 0 Å². The maximum absolute atomic E-state index is 13.2. The van der Waals surface area contributed by atoms with Crippen LogP contribution >= 0.6 is 11.6 Å². The van der Waals surface area contributed by atoms with Gasteiger partial charge in [0.25, 0.3) is 5.91 Å². The Kier molecular flexibility index (Phi) is 6.63. The standard InChI is InChI=1S/C25H25ClN2O3/c1-30-21-9-6-8-20(17-21)27-13-15-28(16-14-27)25(29)22-10-3-5-12-24(22)31-18-19-7-2-4-11-23(19)26/h2-12,17H,13-16,18H2,1H3. The van der Waals surface area contributed by atoms with E-state index >= 15 is 0 Å². The number of anilines is 1. The van der Waals surface area contributed by atoms with Crippen molar-refractivity contribution in [3.63, 3.8) is 0 Å². The van der Waals surface area contributed by atoms with Crippen LogP contribution in [0, 0.1) is 0 Å². The fraction of sp³-hybridized carbons (Fsp3) is 0.240. The molecule has 0 radical (unpaired) electrons. The van der Waals surface area contributed by atoms with Gasteiger partial charge < -0.3 is 19.3 Å². The van der Waals surface area contributed by atoms with Crippen molar-refractivity contribution in [2.75, 3.05) is 38.2 Å². The number of hydrogen-bond acceptors (Lipinski definition) is 4. The van der Waals surface area contributed by atoms with Crippen molar-refractivity contribution in [1.29, 1.82) is 0 Å². The number of para-hydroxylation sites is 1. The minimum Gasteiger partial charge on any atom is -0.497 e.